The number of benzene rings is 1. The quantitative estimate of drug-likeness (QED) is 0.231. The summed E-state index contributed by atoms with van der Waals surface area (Å²) in [5.41, 5.74) is 3.39. The normalized spacial score (nSPS) is 12.3. The van der Waals surface area contributed by atoms with Crippen molar-refractivity contribution in [2.45, 2.75) is 27.4 Å². The average Bonchev–Trinajstić information content (AvgIpc) is 3.02. The molecule has 2 heterocycles. The summed E-state index contributed by atoms with van der Waals surface area (Å²) in [4.78, 5) is 28.8. The van der Waals surface area contributed by atoms with Crippen LogP contribution in [0, 0.1) is 20.8 Å². The van der Waals surface area contributed by atoms with E-state index in [1.54, 1.807) is 0 Å². The first-order chi connectivity index (χ1) is 15.2. The third-order valence-corrected chi connectivity index (χ3v) is 5.42. The molecule has 0 atom stereocenters. The fourth-order valence-electron chi connectivity index (χ4n) is 3.36. The van der Waals surface area contributed by atoms with Crippen molar-refractivity contribution in [1.82, 2.24) is 0 Å². The lowest BCUT2D eigenvalue weighted by molar-refractivity contribution is 0.00436. The van der Waals surface area contributed by atoms with Crippen LogP contribution >= 0.6 is 7.82 Å². The van der Waals surface area contributed by atoms with Crippen LogP contribution in [0.2, 0.25) is 0 Å². The fourth-order valence-corrected chi connectivity index (χ4v) is 3.67. The van der Waals surface area contributed by atoms with E-state index in [0.717, 1.165) is 33.2 Å². The molecule has 0 radical (unpaired) electrons. The van der Waals surface area contributed by atoms with Crippen molar-refractivity contribution in [3.8, 4) is 0 Å². The van der Waals surface area contributed by atoms with E-state index in [4.69, 9.17) is 32.8 Å². The van der Waals surface area contributed by atoms with Crippen LogP contribution in [0.25, 0.3) is 21.9 Å². The third kappa shape index (κ3) is 6.26. The summed E-state index contributed by atoms with van der Waals surface area (Å²) in [6.07, 6.45) is 0. The number of phosphoric ester groups is 1. The van der Waals surface area contributed by atoms with E-state index in [0.29, 0.717) is 37.6 Å². The Bertz CT molecular complexity index is 1170. The van der Waals surface area contributed by atoms with Crippen LogP contribution in [-0.2, 0) is 29.9 Å². The Balaban J connectivity index is 1.48. The lowest BCUT2D eigenvalue weighted by Gasteiger charge is -2.08. The van der Waals surface area contributed by atoms with E-state index in [9.17, 15) is 9.36 Å². The number of hydrogen-bond donors (Lipinski definition) is 2. The van der Waals surface area contributed by atoms with Gasteiger partial charge in [0.05, 0.1) is 46.2 Å². The van der Waals surface area contributed by atoms with Gasteiger partial charge in [0.15, 0.2) is 0 Å². The maximum absolute atomic E-state index is 11.7. The van der Waals surface area contributed by atoms with Crippen LogP contribution < -0.4 is 5.63 Å². The minimum Gasteiger partial charge on any atom is -0.461 e. The van der Waals surface area contributed by atoms with Gasteiger partial charge in [-0.25, -0.2) is 9.36 Å². The van der Waals surface area contributed by atoms with Crippen LogP contribution in [-0.4, -0.2) is 49.4 Å². The summed E-state index contributed by atoms with van der Waals surface area (Å²) in [6.45, 7) is 7.17. The van der Waals surface area contributed by atoms with Crippen LogP contribution in [0.15, 0.2) is 25.8 Å². The average molecular weight is 470 g/mol. The molecule has 0 unspecified atom stereocenters. The van der Waals surface area contributed by atoms with Crippen molar-refractivity contribution in [3.63, 3.8) is 0 Å². The van der Waals surface area contributed by atoms with Crippen LogP contribution in [0.5, 0.6) is 0 Å². The second-order valence-corrected chi connectivity index (χ2v) is 8.48. The van der Waals surface area contributed by atoms with Gasteiger partial charge < -0.3 is 32.8 Å². The van der Waals surface area contributed by atoms with Gasteiger partial charge in [-0.05, 0) is 32.4 Å². The highest BCUT2D eigenvalue weighted by molar-refractivity contribution is 7.46. The number of furan rings is 1. The molecule has 176 valence electrons. The highest BCUT2D eigenvalue weighted by Crippen LogP contribution is 2.35. The molecule has 11 heteroatoms. The van der Waals surface area contributed by atoms with E-state index in [1.165, 1.54) is 6.07 Å². The van der Waals surface area contributed by atoms with Gasteiger partial charge in [0.1, 0.15) is 16.9 Å². The van der Waals surface area contributed by atoms with Crippen LogP contribution in [0.1, 0.15) is 22.5 Å². The Hall–Kier alpha value is -2.04. The van der Waals surface area contributed by atoms with E-state index in [2.05, 4.69) is 4.52 Å². The predicted octanol–water partition coefficient (Wildman–Crippen LogP) is 3.12. The van der Waals surface area contributed by atoms with Crippen molar-refractivity contribution in [3.05, 3.63) is 45.0 Å². The molecule has 0 aliphatic carbocycles. The summed E-state index contributed by atoms with van der Waals surface area (Å²) in [6, 6.07) is 3.44. The molecule has 2 aromatic heterocycles. The summed E-state index contributed by atoms with van der Waals surface area (Å²) < 4.78 is 42.4. The molecule has 1 aromatic carbocycles. The first kappa shape index (κ1) is 24.6. The Morgan fingerprint density at radius 1 is 0.844 bits per heavy atom. The minimum atomic E-state index is -4.45. The number of hydrogen-bond acceptors (Lipinski definition) is 8. The Labute approximate surface area is 184 Å². The topological polar surface area (TPSA) is 138 Å². The number of fused-ring (bicyclic) bond motifs is 2. The van der Waals surface area contributed by atoms with Gasteiger partial charge >= 0.3 is 13.4 Å². The van der Waals surface area contributed by atoms with Crippen molar-refractivity contribution in [2.75, 3.05) is 39.6 Å². The largest absolute Gasteiger partial charge is 0.469 e. The number of aryl methyl sites for hydroxylation is 3. The van der Waals surface area contributed by atoms with Crippen molar-refractivity contribution in [1.29, 1.82) is 0 Å². The zero-order valence-electron chi connectivity index (χ0n) is 18.2. The second kappa shape index (κ2) is 10.7. The van der Waals surface area contributed by atoms with E-state index in [1.807, 2.05) is 26.8 Å². The molecule has 0 saturated carbocycles. The lowest BCUT2D eigenvalue weighted by atomic mass is 10.0. The smallest absolute Gasteiger partial charge is 0.461 e. The van der Waals surface area contributed by atoms with Gasteiger partial charge in [0.25, 0.3) is 0 Å². The zero-order chi connectivity index (χ0) is 23.3. The third-order valence-electron chi connectivity index (χ3n) is 4.90. The highest BCUT2D eigenvalue weighted by atomic mass is 31.2. The molecule has 0 spiro atoms. The lowest BCUT2D eigenvalue weighted by Crippen LogP contribution is -2.11. The molecular weight excluding hydrogens is 443 g/mol. The molecule has 0 saturated heterocycles. The van der Waals surface area contributed by atoms with Crippen LogP contribution in [0.4, 0.5) is 0 Å². The molecule has 0 fully saturated rings. The van der Waals surface area contributed by atoms with E-state index in [-0.39, 0.29) is 25.4 Å². The van der Waals surface area contributed by atoms with Gasteiger partial charge in [-0.1, -0.05) is 0 Å². The summed E-state index contributed by atoms with van der Waals surface area (Å²) in [5, 5.41) is 1.79. The molecule has 0 amide bonds. The predicted molar refractivity (Wildman–Crippen MR) is 116 cm³/mol. The molecular formula is C21H27O10P. The van der Waals surface area contributed by atoms with Crippen molar-refractivity contribution in [2.24, 2.45) is 0 Å². The molecule has 3 aromatic rings. The monoisotopic (exact) mass is 470 g/mol. The van der Waals surface area contributed by atoms with Gasteiger partial charge in [0, 0.05) is 28.0 Å². The molecule has 0 aliphatic heterocycles. The summed E-state index contributed by atoms with van der Waals surface area (Å²) in [5.74, 6) is 0.741. The SMILES string of the molecule is Cc1oc2c(C)c3oc(=O)cc(C)c3cc2c1COCCOCCOCCOP(=O)(O)O. The zero-order valence-corrected chi connectivity index (χ0v) is 19.1. The summed E-state index contributed by atoms with van der Waals surface area (Å²) >= 11 is 0. The number of phosphoric acid groups is 1. The Morgan fingerprint density at radius 3 is 2.09 bits per heavy atom. The van der Waals surface area contributed by atoms with E-state index >= 15 is 0 Å². The highest BCUT2D eigenvalue weighted by Gasteiger charge is 2.18. The molecule has 0 bridgehead atoms. The maximum atomic E-state index is 11.7. The standard InChI is InChI=1S/C21H27O10P/c1-13-10-19(22)31-20-14(2)21-17(11-16(13)20)18(15(3)30-21)12-28-7-6-26-4-5-27-8-9-29-32(23,24)25/h10-11H,4-9,12H2,1-3H3,(H2,23,24,25). The second-order valence-electron chi connectivity index (χ2n) is 7.24. The number of rotatable bonds is 12. The van der Waals surface area contributed by atoms with Crippen molar-refractivity contribution >= 4 is 29.8 Å². The van der Waals surface area contributed by atoms with Gasteiger partial charge in [-0.2, -0.15) is 0 Å². The molecule has 2 N–H and O–H groups in total. The van der Waals surface area contributed by atoms with Gasteiger partial charge in [-0.3, -0.25) is 4.52 Å². The maximum Gasteiger partial charge on any atom is 0.469 e. The van der Waals surface area contributed by atoms with Crippen molar-refractivity contribution < 1.29 is 41.9 Å². The van der Waals surface area contributed by atoms with Gasteiger partial charge in [-0.15, -0.1) is 0 Å². The molecule has 3 rings (SSSR count). The molecule has 0 aliphatic rings. The fraction of sp³-hybridized carbons (Fsp3) is 0.476. The van der Waals surface area contributed by atoms with Gasteiger partial charge in [0.2, 0.25) is 0 Å². The first-order valence-corrected chi connectivity index (χ1v) is 11.6. The summed E-state index contributed by atoms with van der Waals surface area (Å²) in [7, 11) is -4.45. The molecule has 10 nitrogen and oxygen atoms in total. The van der Waals surface area contributed by atoms with Crippen LogP contribution in [0.3, 0.4) is 0 Å². The molecule has 32 heavy (non-hydrogen) atoms. The minimum absolute atomic E-state index is 0.0643. The van der Waals surface area contributed by atoms with E-state index < -0.39 is 7.82 Å². The Kier molecular flexibility index (Phi) is 8.24. The number of ether oxygens (including phenoxy) is 3. The Morgan fingerprint density at radius 2 is 1.44 bits per heavy atom. The first-order valence-electron chi connectivity index (χ1n) is 10.1.